The molecule has 0 atom stereocenters. The molecular weight excluding hydrogens is 360 g/mol. The molecule has 4 aromatic heterocycles. The molecule has 0 bridgehead atoms. The third kappa shape index (κ3) is 3.73. The highest BCUT2D eigenvalue weighted by molar-refractivity contribution is 5.91. The fourth-order valence-electron chi connectivity index (χ4n) is 2.70. The number of nitrogens with zero attached hydrogens (tertiary/aromatic N) is 5. The van der Waals surface area contributed by atoms with Gasteiger partial charge in [-0.05, 0) is 24.3 Å². The summed E-state index contributed by atoms with van der Waals surface area (Å²) in [5.41, 5.74) is 0.645. The number of amides is 1. The minimum absolute atomic E-state index is 0.137. The SMILES string of the molecule is O=C(NCc1cccnc1-n1cncn1)c1ccc(Cn2ccccc2=O)o1. The average Bonchev–Trinajstić information content (AvgIpc) is 3.40. The molecule has 9 heteroatoms. The number of nitrogens with one attached hydrogen (secondary N) is 1. The average molecular weight is 376 g/mol. The topological polar surface area (TPSA) is 108 Å². The third-order valence-electron chi connectivity index (χ3n) is 4.05. The smallest absolute Gasteiger partial charge is 0.287 e. The van der Waals surface area contributed by atoms with Crippen LogP contribution >= 0.6 is 0 Å². The highest BCUT2D eigenvalue weighted by Gasteiger charge is 2.13. The minimum Gasteiger partial charge on any atom is -0.454 e. The first-order valence-electron chi connectivity index (χ1n) is 8.52. The summed E-state index contributed by atoms with van der Waals surface area (Å²) in [5.74, 6) is 0.914. The van der Waals surface area contributed by atoms with E-state index < -0.39 is 0 Å². The first-order valence-corrected chi connectivity index (χ1v) is 8.52. The van der Waals surface area contributed by atoms with Crippen molar-refractivity contribution in [1.82, 2.24) is 29.6 Å². The van der Waals surface area contributed by atoms with Crippen LogP contribution in [0.25, 0.3) is 5.82 Å². The molecule has 28 heavy (non-hydrogen) atoms. The molecule has 0 aliphatic heterocycles. The molecule has 0 radical (unpaired) electrons. The van der Waals surface area contributed by atoms with Gasteiger partial charge in [0.1, 0.15) is 18.4 Å². The summed E-state index contributed by atoms with van der Waals surface area (Å²) in [6.45, 7) is 0.502. The van der Waals surface area contributed by atoms with Gasteiger partial charge in [0, 0.05) is 30.6 Å². The van der Waals surface area contributed by atoms with Crippen LogP contribution in [0.4, 0.5) is 0 Å². The van der Waals surface area contributed by atoms with Crippen molar-refractivity contribution in [3.05, 3.63) is 95.0 Å². The Kier molecular flexibility index (Phi) is 4.79. The zero-order chi connectivity index (χ0) is 19.3. The van der Waals surface area contributed by atoms with Crippen LogP contribution < -0.4 is 10.9 Å². The maximum Gasteiger partial charge on any atom is 0.287 e. The number of hydrogen-bond donors (Lipinski definition) is 1. The van der Waals surface area contributed by atoms with Gasteiger partial charge in [0.25, 0.3) is 11.5 Å². The molecule has 4 rings (SSSR count). The summed E-state index contributed by atoms with van der Waals surface area (Å²) in [5, 5.41) is 6.87. The monoisotopic (exact) mass is 376 g/mol. The quantitative estimate of drug-likeness (QED) is 0.545. The third-order valence-corrected chi connectivity index (χ3v) is 4.05. The van der Waals surface area contributed by atoms with E-state index in [0.29, 0.717) is 11.6 Å². The van der Waals surface area contributed by atoms with E-state index in [2.05, 4.69) is 20.4 Å². The summed E-state index contributed by atoms with van der Waals surface area (Å²) < 4.78 is 8.61. The van der Waals surface area contributed by atoms with Crippen LogP contribution in [0.5, 0.6) is 0 Å². The van der Waals surface area contributed by atoms with E-state index in [4.69, 9.17) is 4.42 Å². The van der Waals surface area contributed by atoms with Crippen molar-refractivity contribution in [2.75, 3.05) is 0 Å². The summed E-state index contributed by atoms with van der Waals surface area (Å²) >= 11 is 0. The first-order chi connectivity index (χ1) is 13.7. The maximum atomic E-state index is 12.4. The van der Waals surface area contributed by atoms with E-state index in [1.54, 1.807) is 42.7 Å². The highest BCUT2D eigenvalue weighted by Crippen LogP contribution is 2.12. The molecule has 4 heterocycles. The van der Waals surface area contributed by atoms with Gasteiger partial charge < -0.3 is 14.3 Å². The first kappa shape index (κ1) is 17.4. The Morgan fingerprint density at radius 2 is 2.07 bits per heavy atom. The molecule has 1 N–H and O–H groups in total. The van der Waals surface area contributed by atoms with Crippen molar-refractivity contribution in [2.24, 2.45) is 0 Å². The van der Waals surface area contributed by atoms with Gasteiger partial charge in [-0.15, -0.1) is 0 Å². The zero-order valence-corrected chi connectivity index (χ0v) is 14.7. The molecule has 0 aromatic carbocycles. The fourth-order valence-corrected chi connectivity index (χ4v) is 2.70. The Morgan fingerprint density at radius 1 is 1.14 bits per heavy atom. The van der Waals surface area contributed by atoms with Gasteiger partial charge in [-0.3, -0.25) is 9.59 Å². The molecule has 4 aromatic rings. The number of hydrogen-bond acceptors (Lipinski definition) is 6. The van der Waals surface area contributed by atoms with E-state index in [0.717, 1.165) is 5.56 Å². The van der Waals surface area contributed by atoms with Gasteiger partial charge >= 0.3 is 0 Å². The Hall–Kier alpha value is -4.01. The second kappa shape index (κ2) is 7.70. The number of furan rings is 1. The standard InChI is InChI=1S/C19H16N6O3/c26-17-5-1-2-9-24(17)11-15-6-7-16(28-15)19(27)22-10-14-4-3-8-21-18(14)25-13-20-12-23-25/h1-9,12-13H,10-11H2,(H,22,27). The number of carbonyl (C=O) groups is 1. The van der Waals surface area contributed by atoms with Crippen LogP contribution in [-0.4, -0.2) is 30.2 Å². The van der Waals surface area contributed by atoms with E-state index in [1.807, 2.05) is 6.07 Å². The number of rotatable bonds is 6. The second-order valence-corrected chi connectivity index (χ2v) is 5.94. The van der Waals surface area contributed by atoms with Gasteiger partial charge in [-0.25, -0.2) is 14.6 Å². The molecule has 0 saturated carbocycles. The van der Waals surface area contributed by atoms with Gasteiger partial charge in [0.05, 0.1) is 6.54 Å². The molecular formula is C19H16N6O3. The summed E-state index contributed by atoms with van der Waals surface area (Å²) in [6.07, 6.45) is 6.27. The van der Waals surface area contributed by atoms with Gasteiger partial charge in [0.2, 0.25) is 0 Å². The van der Waals surface area contributed by atoms with Crippen LogP contribution in [0, 0.1) is 0 Å². The van der Waals surface area contributed by atoms with E-state index in [-0.39, 0.29) is 30.3 Å². The lowest BCUT2D eigenvalue weighted by molar-refractivity contribution is 0.0921. The second-order valence-electron chi connectivity index (χ2n) is 5.94. The minimum atomic E-state index is -0.361. The fraction of sp³-hybridized carbons (Fsp3) is 0.105. The highest BCUT2D eigenvalue weighted by atomic mass is 16.4. The zero-order valence-electron chi connectivity index (χ0n) is 14.7. The number of aromatic nitrogens is 5. The van der Waals surface area contributed by atoms with Crippen LogP contribution in [0.3, 0.4) is 0 Å². The predicted octanol–water partition coefficient (Wildman–Crippen LogP) is 1.40. The van der Waals surface area contributed by atoms with Crippen molar-refractivity contribution in [2.45, 2.75) is 13.1 Å². The predicted molar refractivity (Wildman–Crippen MR) is 98.8 cm³/mol. The normalized spacial score (nSPS) is 10.7. The maximum absolute atomic E-state index is 12.4. The number of pyridine rings is 2. The van der Waals surface area contributed by atoms with Crippen molar-refractivity contribution >= 4 is 5.91 Å². The van der Waals surface area contributed by atoms with Gasteiger partial charge in [0.15, 0.2) is 11.6 Å². The molecule has 0 aliphatic rings. The molecule has 140 valence electrons. The Balaban J connectivity index is 1.44. The Morgan fingerprint density at radius 3 is 2.89 bits per heavy atom. The molecule has 0 saturated heterocycles. The van der Waals surface area contributed by atoms with Crippen LogP contribution in [-0.2, 0) is 13.1 Å². The summed E-state index contributed by atoms with van der Waals surface area (Å²) in [4.78, 5) is 32.4. The largest absolute Gasteiger partial charge is 0.454 e. The molecule has 0 unspecified atom stereocenters. The lowest BCUT2D eigenvalue weighted by Gasteiger charge is -2.08. The Labute approximate surface area is 159 Å². The molecule has 9 nitrogen and oxygen atoms in total. The van der Waals surface area contributed by atoms with Crippen molar-refractivity contribution < 1.29 is 9.21 Å². The summed E-state index contributed by atoms with van der Waals surface area (Å²) in [7, 11) is 0. The van der Waals surface area contributed by atoms with Crippen LogP contribution in [0.2, 0.25) is 0 Å². The van der Waals surface area contributed by atoms with Gasteiger partial charge in [-0.1, -0.05) is 12.1 Å². The van der Waals surface area contributed by atoms with E-state index >= 15 is 0 Å². The Bertz CT molecular complexity index is 1150. The lowest BCUT2D eigenvalue weighted by Crippen LogP contribution is -2.23. The van der Waals surface area contributed by atoms with Crippen molar-refractivity contribution in [1.29, 1.82) is 0 Å². The van der Waals surface area contributed by atoms with Crippen molar-refractivity contribution in [3.63, 3.8) is 0 Å². The van der Waals surface area contributed by atoms with Gasteiger partial charge in [-0.2, -0.15) is 5.10 Å². The molecule has 0 spiro atoms. The molecule has 0 fully saturated rings. The van der Waals surface area contributed by atoms with E-state index in [1.165, 1.54) is 28.0 Å². The number of carbonyl (C=O) groups excluding carboxylic acids is 1. The molecule has 0 aliphatic carbocycles. The van der Waals surface area contributed by atoms with E-state index in [9.17, 15) is 9.59 Å². The molecule has 1 amide bonds. The summed E-state index contributed by atoms with van der Waals surface area (Å²) in [6, 6.07) is 11.8. The van der Waals surface area contributed by atoms with Crippen LogP contribution in [0.1, 0.15) is 21.9 Å². The van der Waals surface area contributed by atoms with Crippen LogP contribution in [0.15, 0.2) is 76.7 Å². The van der Waals surface area contributed by atoms with Crippen molar-refractivity contribution in [3.8, 4) is 5.82 Å². The lowest BCUT2D eigenvalue weighted by atomic mass is 10.2.